The summed E-state index contributed by atoms with van der Waals surface area (Å²) in [6, 6.07) is 8.50. The van der Waals surface area contributed by atoms with Crippen molar-refractivity contribution in [1.82, 2.24) is 15.0 Å². The summed E-state index contributed by atoms with van der Waals surface area (Å²) in [5, 5.41) is 19.6. The van der Waals surface area contributed by atoms with Gasteiger partial charge >= 0.3 is 5.97 Å². The topological polar surface area (TPSA) is 68.0 Å². The molecule has 1 N–H and O–H groups in total. The minimum Gasteiger partial charge on any atom is -0.476 e. The highest BCUT2D eigenvalue weighted by molar-refractivity contribution is 7.13. The molecule has 3 rings (SSSR count). The Labute approximate surface area is 133 Å². The fourth-order valence-corrected chi connectivity index (χ4v) is 3.00. The molecule has 0 radical (unpaired) electrons. The van der Waals surface area contributed by atoms with Crippen LogP contribution in [0, 0.1) is 0 Å². The van der Waals surface area contributed by atoms with Crippen molar-refractivity contribution in [3.8, 4) is 16.3 Å². The van der Waals surface area contributed by atoms with E-state index in [2.05, 4.69) is 10.3 Å². The molecule has 0 spiro atoms. The van der Waals surface area contributed by atoms with Gasteiger partial charge in [-0.1, -0.05) is 34.5 Å². The fraction of sp³-hybridized carbons (Fsp3) is 0. The van der Waals surface area contributed by atoms with Crippen LogP contribution in [-0.4, -0.2) is 26.1 Å². The first kappa shape index (κ1) is 14.1. The zero-order valence-electron chi connectivity index (χ0n) is 10.3. The number of aromatic carboxylic acids is 1. The molecular formula is C13H7Cl2N3O2S. The third-order valence-corrected chi connectivity index (χ3v) is 4.20. The number of thiophene rings is 1. The summed E-state index contributed by atoms with van der Waals surface area (Å²) in [5.41, 5.74) is 0.725. The number of benzene rings is 1. The van der Waals surface area contributed by atoms with Crippen molar-refractivity contribution < 1.29 is 9.90 Å². The van der Waals surface area contributed by atoms with Gasteiger partial charge in [0.1, 0.15) is 5.69 Å². The lowest BCUT2D eigenvalue weighted by Gasteiger charge is -2.08. The van der Waals surface area contributed by atoms with Gasteiger partial charge in [-0.2, -0.15) is 0 Å². The minimum atomic E-state index is -1.15. The molecule has 0 atom stereocenters. The van der Waals surface area contributed by atoms with Gasteiger partial charge in [-0.3, -0.25) is 0 Å². The molecule has 0 aliphatic heterocycles. The molecule has 0 unspecified atom stereocenters. The van der Waals surface area contributed by atoms with Crippen LogP contribution in [0.3, 0.4) is 0 Å². The monoisotopic (exact) mass is 339 g/mol. The second-order valence-electron chi connectivity index (χ2n) is 4.08. The number of rotatable bonds is 3. The van der Waals surface area contributed by atoms with E-state index in [1.54, 1.807) is 24.3 Å². The normalized spacial score (nSPS) is 10.8. The predicted octanol–water partition coefficient (Wildman–Crippen LogP) is 4.00. The van der Waals surface area contributed by atoms with Crippen molar-refractivity contribution >= 4 is 40.5 Å². The predicted molar refractivity (Wildman–Crippen MR) is 81.7 cm³/mol. The molecule has 0 aliphatic carbocycles. The number of aromatic nitrogens is 3. The van der Waals surface area contributed by atoms with E-state index in [1.165, 1.54) is 16.0 Å². The summed E-state index contributed by atoms with van der Waals surface area (Å²) in [5.74, 6) is -1.15. The zero-order chi connectivity index (χ0) is 15.0. The lowest BCUT2D eigenvalue weighted by Crippen LogP contribution is -2.02. The number of carbonyl (C=O) groups is 1. The van der Waals surface area contributed by atoms with E-state index in [0.29, 0.717) is 21.4 Å². The highest BCUT2D eigenvalue weighted by atomic mass is 35.5. The van der Waals surface area contributed by atoms with Crippen LogP contribution in [-0.2, 0) is 0 Å². The van der Waals surface area contributed by atoms with Crippen molar-refractivity contribution in [1.29, 1.82) is 0 Å². The quantitative estimate of drug-likeness (QED) is 0.782. The molecule has 0 bridgehead atoms. The standard InChI is InChI=1S/C13H7Cl2N3O2S/c14-7-3-4-8(15)9(6-7)18-12(10-2-1-5-21-10)11(13(19)20)16-17-18/h1-6H,(H,19,20). The van der Waals surface area contributed by atoms with Gasteiger partial charge in [-0.25, -0.2) is 9.48 Å². The van der Waals surface area contributed by atoms with Crippen LogP contribution in [0.15, 0.2) is 35.7 Å². The van der Waals surface area contributed by atoms with Crippen LogP contribution in [0.5, 0.6) is 0 Å². The molecular weight excluding hydrogens is 333 g/mol. The van der Waals surface area contributed by atoms with Crippen LogP contribution in [0.25, 0.3) is 16.3 Å². The SMILES string of the molecule is O=C(O)c1nnn(-c2cc(Cl)ccc2Cl)c1-c1cccs1. The van der Waals surface area contributed by atoms with Gasteiger partial charge in [0.15, 0.2) is 5.69 Å². The van der Waals surface area contributed by atoms with Gasteiger partial charge in [-0.05, 0) is 29.6 Å². The van der Waals surface area contributed by atoms with Gasteiger partial charge in [0, 0.05) is 5.02 Å². The lowest BCUT2D eigenvalue weighted by molar-refractivity contribution is 0.0691. The summed E-state index contributed by atoms with van der Waals surface area (Å²) in [6.45, 7) is 0. The van der Waals surface area contributed by atoms with Gasteiger partial charge in [0.05, 0.1) is 15.6 Å². The van der Waals surface area contributed by atoms with Gasteiger partial charge in [0.2, 0.25) is 0 Å². The summed E-state index contributed by atoms with van der Waals surface area (Å²) in [7, 11) is 0. The molecule has 3 aromatic rings. The number of halogens is 2. The third kappa shape index (κ3) is 2.53. The first-order valence-corrected chi connectivity index (χ1v) is 7.40. The van der Waals surface area contributed by atoms with Crippen LogP contribution < -0.4 is 0 Å². The Morgan fingerprint density at radius 2 is 2.10 bits per heavy atom. The molecule has 2 aromatic heterocycles. The Hall–Kier alpha value is -1.89. The van der Waals surface area contributed by atoms with E-state index in [-0.39, 0.29) is 5.69 Å². The summed E-state index contributed by atoms with van der Waals surface area (Å²) < 4.78 is 1.39. The molecule has 2 heterocycles. The van der Waals surface area contributed by atoms with Crippen LogP contribution in [0.4, 0.5) is 0 Å². The van der Waals surface area contributed by atoms with E-state index in [1.807, 2.05) is 11.4 Å². The maximum Gasteiger partial charge on any atom is 0.358 e. The van der Waals surface area contributed by atoms with Crippen LogP contribution in [0.2, 0.25) is 10.0 Å². The van der Waals surface area contributed by atoms with Crippen molar-refractivity contribution in [3.05, 3.63) is 51.5 Å². The van der Waals surface area contributed by atoms with E-state index in [4.69, 9.17) is 23.2 Å². The Morgan fingerprint density at radius 3 is 2.76 bits per heavy atom. The Morgan fingerprint density at radius 1 is 1.29 bits per heavy atom. The molecule has 5 nitrogen and oxygen atoms in total. The smallest absolute Gasteiger partial charge is 0.358 e. The fourth-order valence-electron chi connectivity index (χ4n) is 1.88. The van der Waals surface area contributed by atoms with Crippen molar-refractivity contribution in [2.45, 2.75) is 0 Å². The first-order valence-electron chi connectivity index (χ1n) is 5.76. The largest absolute Gasteiger partial charge is 0.476 e. The lowest BCUT2D eigenvalue weighted by atomic mass is 10.2. The molecule has 0 aliphatic rings. The minimum absolute atomic E-state index is 0.131. The molecule has 106 valence electrons. The highest BCUT2D eigenvalue weighted by Gasteiger charge is 2.23. The number of carboxylic acids is 1. The Kier molecular flexibility index (Phi) is 3.67. The molecule has 0 saturated heterocycles. The van der Waals surface area contributed by atoms with Crippen molar-refractivity contribution in [2.75, 3.05) is 0 Å². The second kappa shape index (κ2) is 5.48. The number of hydrogen-bond donors (Lipinski definition) is 1. The summed E-state index contributed by atoms with van der Waals surface area (Å²) in [6.07, 6.45) is 0. The molecule has 0 amide bonds. The summed E-state index contributed by atoms with van der Waals surface area (Å²) in [4.78, 5) is 12.1. The molecule has 8 heteroatoms. The second-order valence-corrected chi connectivity index (χ2v) is 5.87. The summed E-state index contributed by atoms with van der Waals surface area (Å²) >= 11 is 13.5. The van der Waals surface area contributed by atoms with Gasteiger partial charge in [0.25, 0.3) is 0 Å². The van der Waals surface area contributed by atoms with E-state index >= 15 is 0 Å². The van der Waals surface area contributed by atoms with Crippen molar-refractivity contribution in [3.63, 3.8) is 0 Å². The number of carboxylic acid groups (broad SMARTS) is 1. The zero-order valence-corrected chi connectivity index (χ0v) is 12.7. The average Bonchev–Trinajstić information content (AvgIpc) is 3.08. The first-order chi connectivity index (χ1) is 10.1. The average molecular weight is 340 g/mol. The molecule has 0 fully saturated rings. The van der Waals surface area contributed by atoms with E-state index in [0.717, 1.165) is 4.88 Å². The van der Waals surface area contributed by atoms with Crippen LogP contribution >= 0.6 is 34.5 Å². The van der Waals surface area contributed by atoms with Gasteiger partial charge in [-0.15, -0.1) is 16.4 Å². The van der Waals surface area contributed by atoms with Crippen LogP contribution in [0.1, 0.15) is 10.5 Å². The maximum absolute atomic E-state index is 11.3. The highest BCUT2D eigenvalue weighted by Crippen LogP contribution is 2.32. The third-order valence-electron chi connectivity index (χ3n) is 2.76. The molecule has 0 saturated carbocycles. The molecule has 21 heavy (non-hydrogen) atoms. The van der Waals surface area contributed by atoms with Crippen molar-refractivity contribution in [2.24, 2.45) is 0 Å². The number of nitrogens with zero attached hydrogens (tertiary/aromatic N) is 3. The Balaban J connectivity index is 2.29. The maximum atomic E-state index is 11.3. The number of hydrogen-bond acceptors (Lipinski definition) is 4. The Bertz CT molecular complexity index is 815. The van der Waals surface area contributed by atoms with E-state index in [9.17, 15) is 9.90 Å². The van der Waals surface area contributed by atoms with Gasteiger partial charge < -0.3 is 5.11 Å². The van der Waals surface area contributed by atoms with E-state index < -0.39 is 5.97 Å². The molecule has 1 aromatic carbocycles.